The predicted octanol–water partition coefficient (Wildman–Crippen LogP) is 3.90. The number of carbonyl (C=O) groups excluding carboxylic acids is 2. The number of rotatable bonds is 16. The molecule has 0 aliphatic carbocycles. The number of nitrogens with zero attached hydrogens (tertiary/aromatic N) is 2. The van der Waals surface area contributed by atoms with E-state index in [1.54, 1.807) is 19.1 Å². The van der Waals surface area contributed by atoms with Gasteiger partial charge in [0.2, 0.25) is 11.8 Å². The first-order valence-corrected chi connectivity index (χ1v) is 15.6. The molecule has 1 N–H and O–H groups in total. The average molecular weight is 628 g/mol. The summed E-state index contributed by atoms with van der Waals surface area (Å²) in [4.78, 5) is 28.5. The molecule has 0 aromatic heterocycles. The van der Waals surface area contributed by atoms with Crippen molar-refractivity contribution in [2.24, 2.45) is 0 Å². The third kappa shape index (κ3) is 8.13. The molecule has 1 unspecified atom stereocenters. The number of anilines is 1. The van der Waals surface area contributed by atoms with Crippen molar-refractivity contribution in [3.63, 3.8) is 0 Å². The van der Waals surface area contributed by atoms with Gasteiger partial charge in [-0.05, 0) is 49.6 Å². The maximum absolute atomic E-state index is 14.3. The Bertz CT molecular complexity index is 1520. The lowest BCUT2D eigenvalue weighted by atomic mass is 10.1. The van der Waals surface area contributed by atoms with Gasteiger partial charge >= 0.3 is 0 Å². The van der Waals surface area contributed by atoms with Crippen molar-refractivity contribution in [2.75, 3.05) is 52.4 Å². The van der Waals surface area contributed by atoms with Crippen LogP contribution in [-0.2, 0) is 26.0 Å². The minimum Gasteiger partial charge on any atom is -0.497 e. The Morgan fingerprint density at radius 3 is 2.11 bits per heavy atom. The van der Waals surface area contributed by atoms with Crippen LogP contribution in [0.1, 0.15) is 25.8 Å². The molecule has 0 saturated carbocycles. The molecule has 3 aromatic rings. The molecule has 0 fully saturated rings. The van der Waals surface area contributed by atoms with E-state index in [2.05, 4.69) is 5.32 Å². The summed E-state index contributed by atoms with van der Waals surface area (Å²) >= 11 is 0. The fourth-order valence-corrected chi connectivity index (χ4v) is 6.01. The highest BCUT2D eigenvalue weighted by atomic mass is 32.2. The number of nitrogens with one attached hydrogen (secondary N) is 1. The monoisotopic (exact) mass is 627 g/mol. The van der Waals surface area contributed by atoms with Crippen LogP contribution < -0.4 is 28.6 Å². The van der Waals surface area contributed by atoms with Gasteiger partial charge in [0, 0.05) is 25.2 Å². The van der Waals surface area contributed by atoms with E-state index in [0.29, 0.717) is 24.5 Å². The zero-order chi connectivity index (χ0) is 32.3. The summed E-state index contributed by atoms with van der Waals surface area (Å²) < 4.78 is 51.2. The van der Waals surface area contributed by atoms with Crippen molar-refractivity contribution in [1.82, 2.24) is 10.2 Å². The quantitative estimate of drug-likeness (QED) is 0.254. The van der Waals surface area contributed by atoms with E-state index in [1.165, 1.54) is 57.6 Å². The Hall–Kier alpha value is -4.45. The molecule has 238 valence electrons. The number of sulfonamides is 1. The van der Waals surface area contributed by atoms with Gasteiger partial charge < -0.3 is 29.2 Å². The summed E-state index contributed by atoms with van der Waals surface area (Å²) in [6.07, 6.45) is 1.19. The molecule has 1 atom stereocenters. The number of hydrogen-bond acceptors (Lipinski definition) is 8. The third-order valence-electron chi connectivity index (χ3n) is 7.08. The summed E-state index contributed by atoms with van der Waals surface area (Å²) in [7, 11) is 1.29. The second-order valence-corrected chi connectivity index (χ2v) is 11.7. The Labute approximate surface area is 259 Å². The highest BCUT2D eigenvalue weighted by Gasteiger charge is 2.34. The third-order valence-corrected chi connectivity index (χ3v) is 8.83. The van der Waals surface area contributed by atoms with Gasteiger partial charge in [-0.3, -0.25) is 13.9 Å². The number of benzene rings is 3. The molecular formula is C32H41N3O8S. The molecule has 11 nitrogen and oxygen atoms in total. The lowest BCUT2D eigenvalue weighted by Crippen LogP contribution is -2.52. The van der Waals surface area contributed by atoms with Crippen molar-refractivity contribution >= 4 is 27.5 Å². The smallest absolute Gasteiger partial charge is 0.265 e. The van der Waals surface area contributed by atoms with Crippen molar-refractivity contribution in [1.29, 1.82) is 0 Å². The van der Waals surface area contributed by atoms with Gasteiger partial charge in [-0.25, -0.2) is 8.42 Å². The summed E-state index contributed by atoms with van der Waals surface area (Å²) in [5.41, 5.74) is 1.05. The van der Waals surface area contributed by atoms with Gasteiger partial charge in [-0.1, -0.05) is 37.3 Å². The van der Waals surface area contributed by atoms with Gasteiger partial charge in [0.05, 0.1) is 39.0 Å². The van der Waals surface area contributed by atoms with Crippen LogP contribution in [0.25, 0.3) is 0 Å². The molecule has 12 heteroatoms. The molecule has 3 rings (SSSR count). The van der Waals surface area contributed by atoms with Crippen molar-refractivity contribution in [3.05, 3.63) is 72.3 Å². The minimum atomic E-state index is -4.41. The van der Waals surface area contributed by atoms with Gasteiger partial charge in [0.1, 0.15) is 24.1 Å². The maximum Gasteiger partial charge on any atom is 0.265 e. The lowest BCUT2D eigenvalue weighted by molar-refractivity contribution is -0.138. The summed E-state index contributed by atoms with van der Waals surface area (Å²) in [6.45, 7) is 3.57. The molecule has 0 spiro atoms. The van der Waals surface area contributed by atoms with Gasteiger partial charge in [0.15, 0.2) is 11.5 Å². The number of hydrogen-bond donors (Lipinski definition) is 1. The van der Waals surface area contributed by atoms with E-state index in [1.807, 2.05) is 37.3 Å². The van der Waals surface area contributed by atoms with Crippen molar-refractivity contribution in [2.45, 2.75) is 37.6 Å². The van der Waals surface area contributed by atoms with Gasteiger partial charge in [0.25, 0.3) is 10.0 Å². The van der Waals surface area contributed by atoms with Crippen LogP contribution >= 0.6 is 0 Å². The zero-order valence-corrected chi connectivity index (χ0v) is 26.8. The molecular weight excluding hydrogens is 586 g/mol. The standard InChI is InChI=1S/C32H41N3O8S/c1-7-18-33-32(37)23(2)34(19-17-24-11-9-8-10-12-24)31(36)22-35(27-20-25(40-3)13-15-28(27)41-4)44(38,39)26-14-16-29(42-5)30(21-26)43-6/h8-16,20-21,23H,7,17-19,22H2,1-6H3,(H,33,37). The summed E-state index contributed by atoms with van der Waals surface area (Å²) in [6, 6.07) is 17.5. The fraction of sp³-hybridized carbons (Fsp3) is 0.375. The fourth-order valence-electron chi connectivity index (χ4n) is 4.58. The van der Waals surface area contributed by atoms with Crippen LogP contribution in [0.4, 0.5) is 5.69 Å². The van der Waals surface area contributed by atoms with Gasteiger partial charge in [-0.15, -0.1) is 0 Å². The molecule has 0 heterocycles. The van der Waals surface area contributed by atoms with Crippen LogP contribution in [0.2, 0.25) is 0 Å². The number of ether oxygens (including phenoxy) is 4. The van der Waals surface area contributed by atoms with Crippen molar-refractivity contribution in [3.8, 4) is 23.0 Å². The second-order valence-electron chi connectivity index (χ2n) is 9.86. The SMILES string of the molecule is CCCNC(=O)C(C)N(CCc1ccccc1)C(=O)CN(c1cc(OC)ccc1OC)S(=O)(=O)c1ccc(OC)c(OC)c1. The first-order valence-electron chi connectivity index (χ1n) is 14.2. The minimum absolute atomic E-state index is 0.0843. The van der Waals surface area contributed by atoms with E-state index in [4.69, 9.17) is 18.9 Å². The highest BCUT2D eigenvalue weighted by molar-refractivity contribution is 7.92. The Morgan fingerprint density at radius 1 is 0.841 bits per heavy atom. The molecule has 0 bridgehead atoms. The Balaban J connectivity index is 2.11. The maximum atomic E-state index is 14.3. The van der Waals surface area contributed by atoms with Crippen molar-refractivity contribution < 1.29 is 37.0 Å². The largest absolute Gasteiger partial charge is 0.497 e. The van der Waals surface area contributed by atoms with Gasteiger partial charge in [-0.2, -0.15) is 0 Å². The zero-order valence-electron chi connectivity index (χ0n) is 26.0. The normalized spacial score (nSPS) is 11.7. The van der Waals surface area contributed by atoms with E-state index >= 15 is 0 Å². The molecule has 0 aliphatic heterocycles. The first-order chi connectivity index (χ1) is 21.1. The Morgan fingerprint density at radius 2 is 1.50 bits per heavy atom. The summed E-state index contributed by atoms with van der Waals surface area (Å²) in [5, 5.41) is 2.84. The number of carbonyl (C=O) groups is 2. The number of methoxy groups -OCH3 is 4. The van der Waals surface area contributed by atoms with Crippen LogP contribution in [0.15, 0.2) is 71.6 Å². The van der Waals surface area contributed by atoms with Crippen LogP contribution in [-0.4, -0.2) is 79.2 Å². The summed E-state index contributed by atoms with van der Waals surface area (Å²) in [5.74, 6) is 0.187. The van der Waals surface area contributed by atoms with E-state index < -0.39 is 28.5 Å². The lowest BCUT2D eigenvalue weighted by Gasteiger charge is -2.32. The predicted molar refractivity (Wildman–Crippen MR) is 168 cm³/mol. The van der Waals surface area contributed by atoms with E-state index in [-0.39, 0.29) is 34.5 Å². The molecule has 0 radical (unpaired) electrons. The molecule has 44 heavy (non-hydrogen) atoms. The second kappa shape index (κ2) is 15.9. The van der Waals surface area contributed by atoms with Crippen LogP contribution in [0.5, 0.6) is 23.0 Å². The van der Waals surface area contributed by atoms with E-state index in [0.717, 1.165) is 16.3 Å². The van der Waals surface area contributed by atoms with E-state index in [9.17, 15) is 18.0 Å². The topological polar surface area (TPSA) is 124 Å². The molecule has 0 aliphatic rings. The number of amides is 2. The first kappa shape index (κ1) is 34.0. The molecule has 2 amide bonds. The van der Waals surface area contributed by atoms with Crippen LogP contribution in [0.3, 0.4) is 0 Å². The van der Waals surface area contributed by atoms with Crippen LogP contribution in [0, 0.1) is 0 Å². The molecule has 0 saturated heterocycles. The Kier molecular flexibility index (Phi) is 12.3. The highest BCUT2D eigenvalue weighted by Crippen LogP contribution is 2.37. The average Bonchev–Trinajstić information content (AvgIpc) is 3.05. The molecule has 3 aromatic carbocycles.